The Hall–Kier alpha value is -0.810. The third-order valence-corrected chi connectivity index (χ3v) is 3.25. The fourth-order valence-corrected chi connectivity index (χ4v) is 1.81. The normalized spacial score (nSPS) is 12.7. The van der Waals surface area contributed by atoms with Crippen LogP contribution < -0.4 is 10.1 Å². The molecule has 1 unspecified atom stereocenters. The van der Waals surface area contributed by atoms with Crippen LogP contribution in [0.4, 0.5) is 0 Å². The molecule has 0 aromatic heterocycles. The molecule has 0 saturated carbocycles. The van der Waals surface area contributed by atoms with Gasteiger partial charge in [-0.25, -0.2) is 0 Å². The number of ether oxygens (including phenoxy) is 2. The highest BCUT2D eigenvalue weighted by Crippen LogP contribution is 2.20. The predicted octanol–water partition coefficient (Wildman–Crippen LogP) is 2.65. The zero-order chi connectivity index (χ0) is 15.7. The number of aryl methyl sites for hydroxylation is 1. The second-order valence-corrected chi connectivity index (χ2v) is 5.96. The lowest BCUT2D eigenvalue weighted by atomic mass is 10.2. The summed E-state index contributed by atoms with van der Waals surface area (Å²) in [6.45, 7) is 9.04. The van der Waals surface area contributed by atoms with Crippen molar-refractivity contribution in [3.8, 4) is 5.75 Å². The highest BCUT2D eigenvalue weighted by atomic mass is 35.5. The first-order chi connectivity index (χ1) is 9.99. The maximum absolute atomic E-state index is 9.82. The van der Waals surface area contributed by atoms with Crippen LogP contribution in [0, 0.1) is 12.8 Å². The number of nitrogens with one attached hydrogen (secondary N) is 1. The number of aliphatic hydroxyl groups excluding tert-OH is 1. The number of hydrogen-bond acceptors (Lipinski definition) is 4. The second kappa shape index (κ2) is 10.0. The average molecular weight is 316 g/mol. The SMILES string of the molecule is Cc1cc(OCC(O)CNCCOCC(C)C)ccc1Cl. The lowest BCUT2D eigenvalue weighted by Gasteiger charge is -2.14. The van der Waals surface area contributed by atoms with Gasteiger partial charge in [0.2, 0.25) is 0 Å². The average Bonchev–Trinajstić information content (AvgIpc) is 2.43. The van der Waals surface area contributed by atoms with E-state index in [9.17, 15) is 5.11 Å². The van der Waals surface area contributed by atoms with E-state index in [-0.39, 0.29) is 6.61 Å². The van der Waals surface area contributed by atoms with Crippen LogP contribution in [0.15, 0.2) is 18.2 Å². The number of hydrogen-bond donors (Lipinski definition) is 2. The maximum Gasteiger partial charge on any atom is 0.119 e. The Kier molecular flexibility index (Phi) is 8.69. The summed E-state index contributed by atoms with van der Waals surface area (Å²) < 4.78 is 11.0. The van der Waals surface area contributed by atoms with Crippen molar-refractivity contribution in [2.45, 2.75) is 26.9 Å². The minimum atomic E-state index is -0.550. The molecule has 0 aliphatic carbocycles. The molecule has 21 heavy (non-hydrogen) atoms. The van der Waals surface area contributed by atoms with Gasteiger partial charge in [-0.15, -0.1) is 0 Å². The lowest BCUT2D eigenvalue weighted by molar-refractivity contribution is 0.0924. The number of halogens is 1. The van der Waals surface area contributed by atoms with E-state index in [1.807, 2.05) is 13.0 Å². The molecule has 0 aliphatic heterocycles. The zero-order valence-corrected chi connectivity index (χ0v) is 13.8. The molecule has 2 N–H and O–H groups in total. The van der Waals surface area contributed by atoms with E-state index in [4.69, 9.17) is 21.1 Å². The molecule has 0 radical (unpaired) electrons. The largest absolute Gasteiger partial charge is 0.491 e. The van der Waals surface area contributed by atoms with E-state index in [0.29, 0.717) is 24.1 Å². The Bertz CT molecular complexity index is 413. The topological polar surface area (TPSA) is 50.7 Å². The molecular weight excluding hydrogens is 290 g/mol. The van der Waals surface area contributed by atoms with Crippen molar-refractivity contribution in [2.24, 2.45) is 5.92 Å². The minimum Gasteiger partial charge on any atom is -0.491 e. The van der Waals surface area contributed by atoms with Crippen molar-refractivity contribution >= 4 is 11.6 Å². The van der Waals surface area contributed by atoms with E-state index >= 15 is 0 Å². The van der Waals surface area contributed by atoms with Crippen LogP contribution in [-0.2, 0) is 4.74 Å². The summed E-state index contributed by atoms with van der Waals surface area (Å²) in [7, 11) is 0. The molecule has 5 heteroatoms. The molecule has 120 valence electrons. The maximum atomic E-state index is 9.82. The summed E-state index contributed by atoms with van der Waals surface area (Å²) in [4.78, 5) is 0. The molecule has 0 heterocycles. The van der Waals surface area contributed by atoms with Crippen molar-refractivity contribution in [2.75, 3.05) is 32.9 Å². The summed E-state index contributed by atoms with van der Waals surface area (Å²) in [5.41, 5.74) is 0.962. The van der Waals surface area contributed by atoms with Crippen molar-refractivity contribution in [1.82, 2.24) is 5.32 Å². The third-order valence-electron chi connectivity index (χ3n) is 2.83. The minimum absolute atomic E-state index is 0.251. The Labute approximate surface area is 132 Å². The molecule has 0 fully saturated rings. The van der Waals surface area contributed by atoms with Gasteiger partial charge in [-0.2, -0.15) is 0 Å². The van der Waals surface area contributed by atoms with Crippen LogP contribution in [0.2, 0.25) is 5.02 Å². The second-order valence-electron chi connectivity index (χ2n) is 5.55. The van der Waals surface area contributed by atoms with Crippen LogP contribution in [0.25, 0.3) is 0 Å². The van der Waals surface area contributed by atoms with Crippen LogP contribution in [0.3, 0.4) is 0 Å². The molecule has 0 bridgehead atoms. The van der Waals surface area contributed by atoms with Crippen LogP contribution in [-0.4, -0.2) is 44.1 Å². The molecule has 0 amide bonds. The van der Waals surface area contributed by atoms with Gasteiger partial charge in [0, 0.05) is 24.7 Å². The van der Waals surface area contributed by atoms with Crippen LogP contribution in [0.1, 0.15) is 19.4 Å². The van der Waals surface area contributed by atoms with Gasteiger partial charge in [0.25, 0.3) is 0 Å². The fraction of sp³-hybridized carbons (Fsp3) is 0.625. The molecule has 1 aromatic carbocycles. The molecule has 4 nitrogen and oxygen atoms in total. The van der Waals surface area contributed by atoms with Gasteiger partial charge in [-0.05, 0) is 36.6 Å². The summed E-state index contributed by atoms with van der Waals surface area (Å²) in [6.07, 6.45) is -0.550. The lowest BCUT2D eigenvalue weighted by Crippen LogP contribution is -2.33. The predicted molar refractivity (Wildman–Crippen MR) is 86.2 cm³/mol. The summed E-state index contributed by atoms with van der Waals surface area (Å²) in [5, 5.41) is 13.7. The molecule has 1 aromatic rings. The van der Waals surface area contributed by atoms with Gasteiger partial charge >= 0.3 is 0 Å². The molecule has 1 atom stereocenters. The zero-order valence-electron chi connectivity index (χ0n) is 13.1. The standard InChI is InChI=1S/C16H26ClNO3/c1-12(2)10-20-7-6-18-9-14(19)11-21-15-4-5-16(17)13(3)8-15/h4-5,8,12,14,18-19H,6-7,9-11H2,1-3H3. The van der Waals surface area contributed by atoms with Crippen molar-refractivity contribution in [3.63, 3.8) is 0 Å². The van der Waals surface area contributed by atoms with E-state index in [1.165, 1.54) is 0 Å². The van der Waals surface area contributed by atoms with Gasteiger partial charge in [0.1, 0.15) is 18.5 Å². The molecule has 0 spiro atoms. The van der Waals surface area contributed by atoms with Crippen LogP contribution >= 0.6 is 11.6 Å². The van der Waals surface area contributed by atoms with Gasteiger partial charge in [0.15, 0.2) is 0 Å². The Balaban J connectivity index is 2.10. The van der Waals surface area contributed by atoms with E-state index < -0.39 is 6.10 Å². The third kappa shape index (κ3) is 8.27. The summed E-state index contributed by atoms with van der Waals surface area (Å²) >= 11 is 5.95. The van der Waals surface area contributed by atoms with Gasteiger partial charge in [-0.3, -0.25) is 0 Å². The van der Waals surface area contributed by atoms with E-state index in [2.05, 4.69) is 19.2 Å². The molecular formula is C16H26ClNO3. The molecule has 1 rings (SSSR count). The van der Waals surface area contributed by atoms with E-state index in [1.54, 1.807) is 12.1 Å². The van der Waals surface area contributed by atoms with Crippen molar-refractivity contribution < 1.29 is 14.6 Å². The Morgan fingerprint density at radius 3 is 2.71 bits per heavy atom. The van der Waals surface area contributed by atoms with Gasteiger partial charge < -0.3 is 19.9 Å². The Morgan fingerprint density at radius 1 is 1.29 bits per heavy atom. The highest BCUT2D eigenvalue weighted by Gasteiger charge is 2.05. The van der Waals surface area contributed by atoms with Gasteiger partial charge in [0.05, 0.1) is 6.61 Å². The smallest absolute Gasteiger partial charge is 0.119 e. The number of rotatable bonds is 10. The number of aliphatic hydroxyl groups is 1. The first-order valence-electron chi connectivity index (χ1n) is 7.34. The van der Waals surface area contributed by atoms with Gasteiger partial charge in [-0.1, -0.05) is 25.4 Å². The molecule has 0 saturated heterocycles. The Morgan fingerprint density at radius 2 is 2.05 bits per heavy atom. The van der Waals surface area contributed by atoms with Crippen LogP contribution in [0.5, 0.6) is 5.75 Å². The first-order valence-corrected chi connectivity index (χ1v) is 7.72. The first kappa shape index (κ1) is 18.2. The summed E-state index contributed by atoms with van der Waals surface area (Å²) in [5.74, 6) is 1.27. The quantitative estimate of drug-likeness (QED) is 0.652. The van der Waals surface area contributed by atoms with E-state index in [0.717, 1.165) is 24.5 Å². The van der Waals surface area contributed by atoms with Crippen molar-refractivity contribution in [3.05, 3.63) is 28.8 Å². The fourth-order valence-electron chi connectivity index (χ4n) is 1.69. The summed E-state index contributed by atoms with van der Waals surface area (Å²) in [6, 6.07) is 5.46. The monoisotopic (exact) mass is 315 g/mol. The molecule has 0 aliphatic rings. The van der Waals surface area contributed by atoms with Crippen molar-refractivity contribution in [1.29, 1.82) is 0 Å². The number of benzene rings is 1. The highest BCUT2D eigenvalue weighted by molar-refractivity contribution is 6.31.